The first kappa shape index (κ1) is 10.2. The van der Waals surface area contributed by atoms with Crippen LogP contribution in [0.3, 0.4) is 0 Å². The Bertz CT molecular complexity index is 501. The third kappa shape index (κ3) is 1.65. The Morgan fingerprint density at radius 2 is 1.87 bits per heavy atom. The first-order valence-corrected chi connectivity index (χ1v) is 5.35. The number of fused-ring (bicyclic) bond motifs is 1. The summed E-state index contributed by atoms with van der Waals surface area (Å²) in [6.45, 7) is 10.9. The molecule has 0 radical (unpaired) electrons. The number of hydrogen-bond acceptors (Lipinski definition) is 1. The van der Waals surface area contributed by atoms with Crippen LogP contribution in [-0.4, -0.2) is 9.97 Å². The first-order chi connectivity index (χ1) is 6.89. The highest BCUT2D eigenvalue weighted by molar-refractivity contribution is 5.80. The number of aromatic amines is 1. The van der Waals surface area contributed by atoms with Crippen LogP contribution >= 0.6 is 0 Å². The van der Waals surface area contributed by atoms with Crippen molar-refractivity contribution in [3.05, 3.63) is 29.1 Å². The Balaban J connectivity index is 2.76. The van der Waals surface area contributed by atoms with Gasteiger partial charge in [0, 0.05) is 17.3 Å². The van der Waals surface area contributed by atoms with Gasteiger partial charge in [-0.05, 0) is 36.5 Å². The van der Waals surface area contributed by atoms with Crippen molar-refractivity contribution >= 4 is 11.0 Å². The molecule has 0 fully saturated rings. The quantitative estimate of drug-likeness (QED) is 0.696. The summed E-state index contributed by atoms with van der Waals surface area (Å²) in [5.74, 6) is 0. The monoisotopic (exact) mass is 202 g/mol. The third-order valence-electron chi connectivity index (χ3n) is 2.87. The van der Waals surface area contributed by atoms with E-state index in [0.717, 1.165) is 11.3 Å². The molecule has 0 aliphatic heterocycles. The number of hydrogen-bond donors (Lipinski definition) is 1. The van der Waals surface area contributed by atoms with E-state index in [1.54, 1.807) is 0 Å². The maximum atomic E-state index is 4.61. The lowest BCUT2D eigenvalue weighted by Gasteiger charge is -2.21. The van der Waals surface area contributed by atoms with Crippen LogP contribution in [0.5, 0.6) is 0 Å². The molecule has 2 nitrogen and oxygen atoms in total. The van der Waals surface area contributed by atoms with Crippen molar-refractivity contribution in [2.75, 3.05) is 0 Å². The second kappa shape index (κ2) is 3.09. The highest BCUT2D eigenvalue weighted by atomic mass is 14.9. The fourth-order valence-corrected chi connectivity index (χ4v) is 2.03. The number of aromatic nitrogens is 2. The largest absolute Gasteiger partial charge is 0.346 e. The number of aryl methyl sites for hydroxylation is 2. The van der Waals surface area contributed by atoms with E-state index in [1.807, 2.05) is 6.20 Å². The predicted molar refractivity (Wildman–Crippen MR) is 64.3 cm³/mol. The molecule has 0 atom stereocenters. The zero-order chi connectivity index (χ0) is 11.2. The van der Waals surface area contributed by atoms with Crippen LogP contribution in [-0.2, 0) is 5.41 Å². The van der Waals surface area contributed by atoms with Gasteiger partial charge in [0.25, 0.3) is 0 Å². The molecule has 0 spiro atoms. The van der Waals surface area contributed by atoms with Crippen LogP contribution in [0.4, 0.5) is 0 Å². The molecule has 80 valence electrons. The van der Waals surface area contributed by atoms with Gasteiger partial charge in [-0.15, -0.1) is 0 Å². The van der Waals surface area contributed by atoms with Gasteiger partial charge < -0.3 is 4.98 Å². The zero-order valence-electron chi connectivity index (χ0n) is 10.1. The second-order valence-corrected chi connectivity index (χ2v) is 5.24. The second-order valence-electron chi connectivity index (χ2n) is 5.24. The lowest BCUT2D eigenvalue weighted by atomic mass is 9.85. The molecule has 2 rings (SSSR count). The first-order valence-electron chi connectivity index (χ1n) is 5.35. The van der Waals surface area contributed by atoms with Crippen LogP contribution in [0.25, 0.3) is 11.0 Å². The molecule has 2 aromatic heterocycles. The van der Waals surface area contributed by atoms with Crippen molar-refractivity contribution in [1.82, 2.24) is 9.97 Å². The highest BCUT2D eigenvalue weighted by Crippen LogP contribution is 2.28. The van der Waals surface area contributed by atoms with E-state index >= 15 is 0 Å². The van der Waals surface area contributed by atoms with Gasteiger partial charge in [0.05, 0.1) is 0 Å². The molecule has 2 aromatic rings. The predicted octanol–water partition coefficient (Wildman–Crippen LogP) is 3.48. The molecule has 0 saturated heterocycles. The number of nitrogens with one attached hydrogen (secondary N) is 1. The minimum absolute atomic E-state index is 0.162. The van der Waals surface area contributed by atoms with Gasteiger partial charge in [0.1, 0.15) is 5.65 Å². The van der Waals surface area contributed by atoms with Crippen LogP contribution in [0.15, 0.2) is 12.3 Å². The maximum absolute atomic E-state index is 4.61. The van der Waals surface area contributed by atoms with Gasteiger partial charge in [-0.2, -0.15) is 0 Å². The maximum Gasteiger partial charge on any atom is 0.137 e. The Morgan fingerprint density at radius 3 is 2.47 bits per heavy atom. The molecule has 0 saturated carbocycles. The van der Waals surface area contributed by atoms with Crippen molar-refractivity contribution in [2.45, 2.75) is 40.0 Å². The molecule has 2 heterocycles. The molecule has 15 heavy (non-hydrogen) atoms. The van der Waals surface area contributed by atoms with E-state index in [-0.39, 0.29) is 5.41 Å². The van der Waals surface area contributed by atoms with E-state index in [0.29, 0.717) is 0 Å². The van der Waals surface area contributed by atoms with Crippen molar-refractivity contribution in [3.8, 4) is 0 Å². The summed E-state index contributed by atoms with van der Waals surface area (Å²) in [7, 11) is 0. The van der Waals surface area contributed by atoms with Crippen molar-refractivity contribution in [3.63, 3.8) is 0 Å². The summed E-state index contributed by atoms with van der Waals surface area (Å²) in [6.07, 6.45) is 2.02. The summed E-state index contributed by atoms with van der Waals surface area (Å²) in [4.78, 5) is 7.80. The normalized spacial score (nSPS) is 12.3. The molecule has 2 heteroatoms. The molecule has 0 amide bonds. The summed E-state index contributed by atoms with van der Waals surface area (Å²) in [5.41, 5.74) is 4.88. The van der Waals surface area contributed by atoms with Crippen molar-refractivity contribution < 1.29 is 0 Å². The number of H-pyrrole nitrogens is 1. The van der Waals surface area contributed by atoms with Gasteiger partial charge in [-0.25, -0.2) is 4.98 Å². The third-order valence-corrected chi connectivity index (χ3v) is 2.87. The molecule has 1 N–H and O–H groups in total. The zero-order valence-corrected chi connectivity index (χ0v) is 10.1. The molecular formula is C13H18N2. The Labute approximate surface area is 90.7 Å². The summed E-state index contributed by atoms with van der Waals surface area (Å²) >= 11 is 0. The average molecular weight is 202 g/mol. The minimum atomic E-state index is 0.162. The molecule has 0 unspecified atom stereocenters. The lowest BCUT2D eigenvalue weighted by Crippen LogP contribution is -2.13. The van der Waals surface area contributed by atoms with Gasteiger partial charge in [0.15, 0.2) is 0 Å². The summed E-state index contributed by atoms with van der Waals surface area (Å²) in [5, 5.41) is 1.24. The van der Waals surface area contributed by atoms with E-state index in [2.05, 4.69) is 50.7 Å². The SMILES string of the molecule is Cc1nc2[nH]cc(C)c2cc1C(C)(C)C. The standard InChI is InChI=1S/C13H18N2/c1-8-7-14-12-10(8)6-11(9(2)15-12)13(3,4)5/h6-7H,1-5H3,(H,14,15). The van der Waals surface area contributed by atoms with Gasteiger partial charge in [-0.1, -0.05) is 20.8 Å². The minimum Gasteiger partial charge on any atom is -0.346 e. The Hall–Kier alpha value is -1.31. The van der Waals surface area contributed by atoms with Crippen LogP contribution in [0.2, 0.25) is 0 Å². The van der Waals surface area contributed by atoms with Crippen molar-refractivity contribution in [1.29, 1.82) is 0 Å². The van der Waals surface area contributed by atoms with E-state index in [9.17, 15) is 0 Å². The number of nitrogens with zero attached hydrogens (tertiary/aromatic N) is 1. The fourth-order valence-electron chi connectivity index (χ4n) is 2.03. The molecular weight excluding hydrogens is 184 g/mol. The molecule has 0 bridgehead atoms. The van der Waals surface area contributed by atoms with Gasteiger partial charge >= 0.3 is 0 Å². The van der Waals surface area contributed by atoms with E-state index < -0.39 is 0 Å². The Morgan fingerprint density at radius 1 is 1.20 bits per heavy atom. The number of pyridine rings is 1. The highest BCUT2D eigenvalue weighted by Gasteiger charge is 2.18. The van der Waals surface area contributed by atoms with Gasteiger partial charge in [-0.3, -0.25) is 0 Å². The summed E-state index contributed by atoms with van der Waals surface area (Å²) in [6, 6.07) is 2.27. The average Bonchev–Trinajstić information content (AvgIpc) is 2.44. The fraction of sp³-hybridized carbons (Fsp3) is 0.462. The number of rotatable bonds is 0. The molecule has 0 aliphatic rings. The lowest BCUT2D eigenvalue weighted by molar-refractivity contribution is 0.583. The van der Waals surface area contributed by atoms with Gasteiger partial charge in [0.2, 0.25) is 0 Å². The molecule has 0 aromatic carbocycles. The van der Waals surface area contributed by atoms with E-state index in [1.165, 1.54) is 16.5 Å². The topological polar surface area (TPSA) is 28.7 Å². The van der Waals surface area contributed by atoms with Crippen molar-refractivity contribution in [2.24, 2.45) is 0 Å². The summed E-state index contributed by atoms with van der Waals surface area (Å²) < 4.78 is 0. The van der Waals surface area contributed by atoms with E-state index in [4.69, 9.17) is 0 Å². The van der Waals surface area contributed by atoms with Crippen LogP contribution in [0, 0.1) is 13.8 Å². The van der Waals surface area contributed by atoms with Crippen LogP contribution in [0.1, 0.15) is 37.6 Å². The smallest absolute Gasteiger partial charge is 0.137 e. The van der Waals surface area contributed by atoms with Crippen LogP contribution < -0.4 is 0 Å². The molecule has 0 aliphatic carbocycles. The Kier molecular flexibility index (Phi) is 2.10.